The van der Waals surface area contributed by atoms with E-state index in [9.17, 15) is 9.59 Å². The molecule has 0 radical (unpaired) electrons. The molecule has 0 spiro atoms. The summed E-state index contributed by atoms with van der Waals surface area (Å²) in [6.07, 6.45) is 2.07. The molecule has 5 nitrogen and oxygen atoms in total. The van der Waals surface area contributed by atoms with Crippen molar-refractivity contribution in [3.05, 3.63) is 61.3 Å². The van der Waals surface area contributed by atoms with Gasteiger partial charge in [0.25, 0.3) is 11.8 Å². The molecule has 1 fully saturated rings. The molecule has 1 saturated carbocycles. The summed E-state index contributed by atoms with van der Waals surface area (Å²) in [6, 6.07) is 7.35. The lowest BCUT2D eigenvalue weighted by Gasteiger charge is -2.18. The highest BCUT2D eigenvalue weighted by Crippen LogP contribution is 2.36. The van der Waals surface area contributed by atoms with Gasteiger partial charge in [0.05, 0.1) is 15.1 Å². The summed E-state index contributed by atoms with van der Waals surface area (Å²) >= 11 is 23.8. The van der Waals surface area contributed by atoms with Crippen molar-refractivity contribution in [2.75, 3.05) is 7.05 Å². The minimum absolute atomic E-state index is 0.00241. The number of nitrogens with one attached hydrogen (secondary N) is 1. The van der Waals surface area contributed by atoms with Crippen molar-refractivity contribution >= 4 is 58.2 Å². The smallest absolute Gasteiger partial charge is 0.274 e. The van der Waals surface area contributed by atoms with Crippen molar-refractivity contribution in [3.8, 4) is 0 Å². The van der Waals surface area contributed by atoms with Gasteiger partial charge in [0.2, 0.25) is 0 Å². The highest BCUT2D eigenvalue weighted by atomic mass is 35.5. The van der Waals surface area contributed by atoms with Crippen LogP contribution in [-0.2, 0) is 6.54 Å². The maximum absolute atomic E-state index is 12.6. The number of hydrogen-bond donors (Lipinski definition) is 1. The molecule has 0 saturated heterocycles. The van der Waals surface area contributed by atoms with Crippen molar-refractivity contribution in [1.82, 2.24) is 15.2 Å². The average molecular weight is 447 g/mol. The molecule has 142 valence electrons. The first kappa shape index (κ1) is 20.2. The first-order valence-electron chi connectivity index (χ1n) is 8.13. The summed E-state index contributed by atoms with van der Waals surface area (Å²) in [5.41, 5.74) is 1.36. The minimum Gasteiger partial charge on any atom is -0.349 e. The van der Waals surface area contributed by atoms with Crippen LogP contribution in [0.15, 0.2) is 24.3 Å². The normalized spacial score (nSPS) is 13.4. The van der Waals surface area contributed by atoms with Gasteiger partial charge in [0.1, 0.15) is 10.8 Å². The molecule has 27 heavy (non-hydrogen) atoms. The first-order chi connectivity index (χ1) is 12.8. The van der Waals surface area contributed by atoms with E-state index in [1.54, 1.807) is 31.3 Å². The van der Waals surface area contributed by atoms with Gasteiger partial charge in [-0.05, 0) is 30.5 Å². The van der Waals surface area contributed by atoms with Crippen LogP contribution in [0.1, 0.15) is 39.3 Å². The summed E-state index contributed by atoms with van der Waals surface area (Å²) in [7, 11) is 1.60. The van der Waals surface area contributed by atoms with Crippen molar-refractivity contribution in [2.45, 2.75) is 25.4 Å². The lowest BCUT2D eigenvalue weighted by atomic mass is 10.1. The molecule has 0 bridgehead atoms. The quantitative estimate of drug-likeness (QED) is 0.667. The third-order valence-electron chi connectivity index (χ3n) is 4.08. The van der Waals surface area contributed by atoms with E-state index in [1.807, 2.05) is 0 Å². The molecule has 9 heteroatoms. The van der Waals surface area contributed by atoms with E-state index >= 15 is 0 Å². The maximum Gasteiger partial charge on any atom is 0.274 e. The Labute approximate surface area is 176 Å². The van der Waals surface area contributed by atoms with E-state index < -0.39 is 5.91 Å². The fourth-order valence-corrected chi connectivity index (χ4v) is 3.22. The number of amides is 2. The number of rotatable bonds is 5. The number of carbonyl (C=O) groups is 2. The Kier molecular flexibility index (Phi) is 6.16. The van der Waals surface area contributed by atoms with Gasteiger partial charge in [-0.2, -0.15) is 0 Å². The van der Waals surface area contributed by atoms with Gasteiger partial charge in [0, 0.05) is 25.2 Å². The summed E-state index contributed by atoms with van der Waals surface area (Å²) in [5.74, 6) is -0.536. The molecule has 0 unspecified atom stereocenters. The van der Waals surface area contributed by atoms with E-state index in [-0.39, 0.29) is 31.8 Å². The van der Waals surface area contributed by atoms with Gasteiger partial charge in [-0.1, -0.05) is 58.5 Å². The molecule has 0 aliphatic heterocycles. The van der Waals surface area contributed by atoms with Crippen LogP contribution in [0.25, 0.3) is 0 Å². The van der Waals surface area contributed by atoms with Crippen LogP contribution in [-0.4, -0.2) is 34.8 Å². The lowest BCUT2D eigenvalue weighted by Crippen LogP contribution is -2.28. The third kappa shape index (κ3) is 4.66. The molecule has 1 N–H and O–H groups in total. The average Bonchev–Trinajstić information content (AvgIpc) is 3.46. The number of pyridine rings is 1. The van der Waals surface area contributed by atoms with Crippen LogP contribution in [0.2, 0.25) is 20.2 Å². The Hall–Kier alpha value is -1.53. The van der Waals surface area contributed by atoms with E-state index in [2.05, 4.69) is 10.3 Å². The number of halogens is 4. The molecule has 1 heterocycles. The Morgan fingerprint density at radius 2 is 1.70 bits per heavy atom. The predicted molar refractivity (Wildman–Crippen MR) is 107 cm³/mol. The molecule has 1 aromatic carbocycles. The van der Waals surface area contributed by atoms with Crippen LogP contribution in [0.4, 0.5) is 0 Å². The Morgan fingerprint density at radius 3 is 2.30 bits per heavy atom. The van der Waals surface area contributed by atoms with Gasteiger partial charge in [-0.15, -0.1) is 0 Å². The predicted octanol–water partition coefficient (Wildman–Crippen LogP) is 4.86. The molecule has 2 amide bonds. The maximum atomic E-state index is 12.6. The summed E-state index contributed by atoms with van der Waals surface area (Å²) in [4.78, 5) is 30.0. The van der Waals surface area contributed by atoms with Crippen molar-refractivity contribution in [3.63, 3.8) is 0 Å². The molecular formula is C18H15Cl4N3O2. The van der Waals surface area contributed by atoms with Gasteiger partial charge in [-0.3, -0.25) is 9.59 Å². The third-order valence-corrected chi connectivity index (χ3v) is 5.76. The van der Waals surface area contributed by atoms with Crippen molar-refractivity contribution in [2.24, 2.45) is 0 Å². The zero-order valence-electron chi connectivity index (χ0n) is 14.2. The first-order valence-corrected chi connectivity index (χ1v) is 9.64. The number of carbonyl (C=O) groups excluding carboxylic acids is 2. The molecule has 1 aliphatic rings. The number of benzene rings is 1. The van der Waals surface area contributed by atoms with Crippen LogP contribution in [0.3, 0.4) is 0 Å². The highest BCUT2D eigenvalue weighted by Gasteiger charge is 2.24. The van der Waals surface area contributed by atoms with E-state index in [1.165, 1.54) is 4.90 Å². The van der Waals surface area contributed by atoms with Crippen LogP contribution < -0.4 is 5.32 Å². The molecule has 0 atom stereocenters. The second kappa shape index (κ2) is 8.23. The van der Waals surface area contributed by atoms with Gasteiger partial charge in [-0.25, -0.2) is 4.98 Å². The van der Waals surface area contributed by atoms with Crippen molar-refractivity contribution in [1.29, 1.82) is 0 Å². The fraction of sp³-hybridized carbons (Fsp3) is 0.278. The van der Waals surface area contributed by atoms with Crippen molar-refractivity contribution < 1.29 is 9.59 Å². The Bertz CT molecular complexity index is 898. The number of hydrogen-bond acceptors (Lipinski definition) is 3. The largest absolute Gasteiger partial charge is 0.349 e. The molecule has 3 rings (SSSR count). The van der Waals surface area contributed by atoms with E-state index in [0.717, 1.165) is 18.4 Å². The van der Waals surface area contributed by atoms with Crippen LogP contribution in [0, 0.1) is 0 Å². The zero-order chi connectivity index (χ0) is 19.7. The zero-order valence-corrected chi connectivity index (χ0v) is 17.3. The lowest BCUT2D eigenvalue weighted by molar-refractivity contribution is 0.0779. The summed E-state index contributed by atoms with van der Waals surface area (Å²) in [5, 5.41) is 2.78. The number of aromatic nitrogens is 1. The van der Waals surface area contributed by atoms with Gasteiger partial charge < -0.3 is 10.2 Å². The SMILES string of the molecule is CN(Cc1ccc(C(=O)NC2CC2)cc1)C(=O)c1nc(Cl)c(Cl)c(Cl)c1Cl. The van der Waals surface area contributed by atoms with Crippen LogP contribution in [0.5, 0.6) is 0 Å². The van der Waals surface area contributed by atoms with E-state index in [0.29, 0.717) is 18.2 Å². The monoisotopic (exact) mass is 445 g/mol. The topological polar surface area (TPSA) is 62.3 Å². The van der Waals surface area contributed by atoms with E-state index in [4.69, 9.17) is 46.4 Å². The van der Waals surface area contributed by atoms with Crippen LogP contribution >= 0.6 is 46.4 Å². The summed E-state index contributed by atoms with van der Waals surface area (Å²) in [6.45, 7) is 0.291. The van der Waals surface area contributed by atoms with Gasteiger partial charge >= 0.3 is 0 Å². The molecule has 1 aliphatic carbocycles. The Morgan fingerprint density at radius 1 is 1.07 bits per heavy atom. The summed E-state index contributed by atoms with van der Waals surface area (Å²) < 4.78 is 0. The fourth-order valence-electron chi connectivity index (χ4n) is 2.41. The second-order valence-corrected chi connectivity index (χ2v) is 7.79. The number of nitrogens with zero attached hydrogens (tertiary/aromatic N) is 2. The highest BCUT2D eigenvalue weighted by molar-refractivity contribution is 6.52. The minimum atomic E-state index is -0.448. The molecule has 2 aromatic rings. The molecular weight excluding hydrogens is 432 g/mol. The van der Waals surface area contributed by atoms with Gasteiger partial charge in [0.15, 0.2) is 0 Å². The standard InChI is InChI=1S/C18H15Cl4N3O2/c1-25(18(27)15-13(20)12(19)14(21)16(22)24-15)8-9-2-4-10(5-3-9)17(26)23-11-6-7-11/h2-5,11H,6-8H2,1H3,(H,23,26). The Balaban J connectivity index is 1.70. The second-order valence-electron chi connectivity index (χ2n) is 6.30. The molecule has 1 aromatic heterocycles.